The van der Waals surface area contributed by atoms with E-state index in [9.17, 15) is 14.7 Å². The number of hydrogen-bond donors (Lipinski definition) is 3. The van der Waals surface area contributed by atoms with E-state index in [1.165, 1.54) is 11.1 Å². The summed E-state index contributed by atoms with van der Waals surface area (Å²) in [6.45, 7) is 2.30. The van der Waals surface area contributed by atoms with Crippen LogP contribution < -0.4 is 15.4 Å². The Morgan fingerprint density at radius 2 is 2.06 bits per heavy atom. The normalized spacial score (nSPS) is 20.0. The van der Waals surface area contributed by atoms with Gasteiger partial charge in [-0.25, -0.2) is 4.98 Å². The molecule has 1 atom stereocenters. The molecule has 0 unspecified atom stereocenters. The van der Waals surface area contributed by atoms with Crippen LogP contribution in [0.15, 0.2) is 36.4 Å². The molecular weight excluding hydrogens is 396 g/mol. The van der Waals surface area contributed by atoms with Gasteiger partial charge in [-0.2, -0.15) is 0 Å². The lowest BCUT2D eigenvalue weighted by Crippen LogP contribution is -2.55. The molecule has 2 amide bonds. The van der Waals surface area contributed by atoms with Crippen LogP contribution >= 0.6 is 0 Å². The van der Waals surface area contributed by atoms with Crippen LogP contribution in [0.1, 0.15) is 40.9 Å². The number of aliphatic hydroxyl groups is 1. The highest BCUT2D eigenvalue weighted by molar-refractivity contribution is 6.01. The van der Waals surface area contributed by atoms with Gasteiger partial charge < -0.3 is 20.5 Å². The Hall–Kier alpha value is -2.97. The number of amides is 2. The first-order chi connectivity index (χ1) is 15.0. The van der Waals surface area contributed by atoms with Gasteiger partial charge in [0.2, 0.25) is 0 Å². The highest BCUT2D eigenvalue weighted by Crippen LogP contribution is 2.42. The molecule has 3 heterocycles. The summed E-state index contributed by atoms with van der Waals surface area (Å²) in [7, 11) is 0. The molecule has 8 nitrogen and oxygen atoms in total. The molecule has 3 N–H and O–H groups in total. The molecule has 8 heteroatoms. The van der Waals surface area contributed by atoms with Gasteiger partial charge in [-0.1, -0.05) is 24.3 Å². The number of pyridine rings is 1. The van der Waals surface area contributed by atoms with Crippen molar-refractivity contribution in [1.29, 1.82) is 0 Å². The summed E-state index contributed by atoms with van der Waals surface area (Å²) in [4.78, 5) is 31.3. The number of nitrogens with zero attached hydrogens (tertiary/aromatic N) is 2. The highest BCUT2D eigenvalue weighted by Gasteiger charge is 2.50. The van der Waals surface area contributed by atoms with Crippen LogP contribution in [0.4, 0.5) is 5.82 Å². The van der Waals surface area contributed by atoms with Crippen LogP contribution in [0.3, 0.4) is 0 Å². The summed E-state index contributed by atoms with van der Waals surface area (Å²) in [5.74, 6) is 0.155. The average molecular weight is 422 g/mol. The van der Waals surface area contributed by atoms with Gasteiger partial charge in [0, 0.05) is 26.2 Å². The van der Waals surface area contributed by atoms with Gasteiger partial charge in [0.15, 0.2) is 17.2 Å². The summed E-state index contributed by atoms with van der Waals surface area (Å²) in [6, 6.07) is 11.6. The molecule has 1 aromatic heterocycles. The predicted octanol–water partition coefficient (Wildman–Crippen LogP) is 1.48. The topological polar surface area (TPSA) is 104 Å². The van der Waals surface area contributed by atoms with Crippen molar-refractivity contribution < 1.29 is 19.4 Å². The molecule has 1 saturated carbocycles. The number of β-amino-alcohol motifs (C(OH)–C–C–N with tert-alkyl or cyclic N) is 1. The highest BCUT2D eigenvalue weighted by atomic mass is 16.5. The zero-order chi connectivity index (χ0) is 21.4. The van der Waals surface area contributed by atoms with Gasteiger partial charge in [0.25, 0.3) is 11.8 Å². The number of carbonyl (C=O) groups is 2. The maximum Gasteiger partial charge on any atom is 0.270 e. The second-order valence-electron chi connectivity index (χ2n) is 8.56. The molecular formula is C23H26N4O4. The fourth-order valence-electron chi connectivity index (χ4n) is 4.42. The molecule has 1 spiro atoms. The van der Waals surface area contributed by atoms with Crippen molar-refractivity contribution in [3.05, 3.63) is 53.2 Å². The minimum Gasteiger partial charge on any atom is -0.474 e. The first-order valence-corrected chi connectivity index (χ1v) is 10.8. The van der Waals surface area contributed by atoms with Crippen molar-refractivity contribution in [1.82, 2.24) is 15.2 Å². The SMILES string of the molecule is O=C(NC[C@H](O)CN1CCc2ccccc2C1)c1ccc2c(n1)NC(=O)C1(CCC1)O2. The van der Waals surface area contributed by atoms with Crippen LogP contribution in [-0.2, 0) is 17.8 Å². The first-order valence-electron chi connectivity index (χ1n) is 10.8. The number of fused-ring (bicyclic) bond motifs is 2. The Balaban J connectivity index is 1.15. The van der Waals surface area contributed by atoms with E-state index in [4.69, 9.17) is 4.74 Å². The number of hydrogen-bond acceptors (Lipinski definition) is 6. The summed E-state index contributed by atoms with van der Waals surface area (Å²) < 4.78 is 5.86. The summed E-state index contributed by atoms with van der Waals surface area (Å²) in [6.07, 6.45) is 2.63. The molecule has 1 fully saturated rings. The Labute approximate surface area is 180 Å². The third-order valence-electron chi connectivity index (χ3n) is 6.38. The van der Waals surface area contributed by atoms with Crippen LogP contribution in [0, 0.1) is 0 Å². The van der Waals surface area contributed by atoms with E-state index in [0.29, 0.717) is 25.1 Å². The molecule has 3 aliphatic rings. The molecule has 5 rings (SSSR count). The molecule has 31 heavy (non-hydrogen) atoms. The van der Waals surface area contributed by atoms with E-state index in [-0.39, 0.29) is 24.0 Å². The van der Waals surface area contributed by atoms with Gasteiger partial charge in [-0.05, 0) is 48.9 Å². The number of anilines is 1. The standard InChI is InChI=1S/C23H26N4O4/c28-17(14-27-11-8-15-4-1-2-5-16(15)13-27)12-24-21(29)18-6-7-19-20(25-18)26-22(30)23(31-19)9-3-10-23/h1-2,4-7,17,28H,3,8-14H2,(H,24,29)(H,25,26,30)/t17-/m0/s1. The summed E-state index contributed by atoms with van der Waals surface area (Å²) in [5, 5.41) is 15.9. The van der Waals surface area contributed by atoms with Crippen LogP contribution in [-0.4, -0.2) is 58.1 Å². The second-order valence-corrected chi connectivity index (χ2v) is 8.56. The van der Waals surface area contributed by atoms with E-state index in [1.54, 1.807) is 12.1 Å². The molecule has 1 aliphatic carbocycles. The van der Waals surface area contributed by atoms with E-state index >= 15 is 0 Å². The van der Waals surface area contributed by atoms with Crippen molar-refractivity contribution in [2.24, 2.45) is 0 Å². The van der Waals surface area contributed by atoms with E-state index in [2.05, 4.69) is 38.7 Å². The number of rotatable bonds is 5. The number of nitrogens with one attached hydrogen (secondary N) is 2. The fourth-order valence-corrected chi connectivity index (χ4v) is 4.42. The van der Waals surface area contributed by atoms with Gasteiger partial charge in [0.1, 0.15) is 5.69 Å². The first kappa shape index (κ1) is 20.0. The maximum absolute atomic E-state index is 12.5. The van der Waals surface area contributed by atoms with Crippen LogP contribution in [0.2, 0.25) is 0 Å². The third-order valence-corrected chi connectivity index (χ3v) is 6.38. The number of aliphatic hydroxyl groups excluding tert-OH is 1. The maximum atomic E-state index is 12.5. The molecule has 2 aromatic rings. The van der Waals surface area contributed by atoms with Gasteiger partial charge in [0.05, 0.1) is 6.10 Å². The molecule has 1 aromatic carbocycles. The largest absolute Gasteiger partial charge is 0.474 e. The average Bonchev–Trinajstić information content (AvgIpc) is 2.75. The van der Waals surface area contributed by atoms with E-state index in [0.717, 1.165) is 25.9 Å². The minimum atomic E-state index is -0.766. The Morgan fingerprint density at radius 3 is 2.84 bits per heavy atom. The van der Waals surface area contributed by atoms with Crippen LogP contribution in [0.25, 0.3) is 0 Å². The predicted molar refractivity (Wildman–Crippen MR) is 114 cm³/mol. The molecule has 162 valence electrons. The molecule has 2 aliphatic heterocycles. The summed E-state index contributed by atoms with van der Waals surface area (Å²) in [5.41, 5.74) is 2.05. The smallest absolute Gasteiger partial charge is 0.270 e. The fraction of sp³-hybridized carbons (Fsp3) is 0.435. The second kappa shape index (κ2) is 7.94. The number of carbonyl (C=O) groups excluding carboxylic acids is 2. The number of aromatic nitrogens is 1. The van der Waals surface area contributed by atoms with Gasteiger partial charge >= 0.3 is 0 Å². The zero-order valence-electron chi connectivity index (χ0n) is 17.3. The molecule has 0 radical (unpaired) electrons. The Kier molecular flexibility index (Phi) is 5.11. The van der Waals surface area contributed by atoms with Gasteiger partial charge in [-0.15, -0.1) is 0 Å². The number of benzene rings is 1. The van der Waals surface area contributed by atoms with Crippen molar-refractivity contribution in [2.75, 3.05) is 25.0 Å². The van der Waals surface area contributed by atoms with Gasteiger partial charge in [-0.3, -0.25) is 14.5 Å². The lowest BCUT2D eigenvalue weighted by atomic mass is 9.78. The van der Waals surface area contributed by atoms with E-state index in [1.807, 2.05) is 6.07 Å². The van der Waals surface area contributed by atoms with Crippen LogP contribution in [0.5, 0.6) is 5.75 Å². The lowest BCUT2D eigenvalue weighted by Gasteiger charge is -2.42. The van der Waals surface area contributed by atoms with Crippen molar-refractivity contribution >= 4 is 17.6 Å². The molecule has 0 bridgehead atoms. The van der Waals surface area contributed by atoms with Crippen molar-refractivity contribution in [3.8, 4) is 5.75 Å². The Bertz CT molecular complexity index is 1020. The third kappa shape index (κ3) is 3.88. The molecule has 0 saturated heterocycles. The summed E-state index contributed by atoms with van der Waals surface area (Å²) >= 11 is 0. The minimum absolute atomic E-state index is 0.127. The monoisotopic (exact) mass is 422 g/mol. The zero-order valence-corrected chi connectivity index (χ0v) is 17.3. The van der Waals surface area contributed by atoms with Crippen molar-refractivity contribution in [3.63, 3.8) is 0 Å². The van der Waals surface area contributed by atoms with Crippen molar-refractivity contribution in [2.45, 2.75) is 43.9 Å². The van der Waals surface area contributed by atoms with E-state index < -0.39 is 17.6 Å². The quantitative estimate of drug-likeness (QED) is 0.675. The number of ether oxygens (including phenoxy) is 1. The lowest BCUT2D eigenvalue weighted by molar-refractivity contribution is -0.140. The Morgan fingerprint density at radius 1 is 1.26 bits per heavy atom.